The normalized spacial score (nSPS) is 13.0. The Morgan fingerprint density at radius 3 is 1.93 bits per heavy atom. The van der Waals surface area contributed by atoms with E-state index in [2.05, 4.69) is 21.3 Å². The van der Waals surface area contributed by atoms with Gasteiger partial charge in [0.2, 0.25) is 11.8 Å². The summed E-state index contributed by atoms with van der Waals surface area (Å²) < 4.78 is 5.32. The zero-order chi connectivity index (χ0) is 29.5. The Morgan fingerprint density at radius 2 is 1.32 bits per heavy atom. The van der Waals surface area contributed by atoms with Gasteiger partial charge in [0.1, 0.15) is 18.7 Å². The number of hydrogen-bond donors (Lipinski definition) is 5. The van der Waals surface area contributed by atoms with Crippen molar-refractivity contribution in [2.75, 3.05) is 18.4 Å². The number of anilines is 1. The summed E-state index contributed by atoms with van der Waals surface area (Å²) in [6, 6.07) is 26.2. The average Bonchev–Trinajstić information content (AvgIpc) is 2.98. The van der Waals surface area contributed by atoms with Crippen molar-refractivity contribution in [2.45, 2.75) is 51.5 Å². The summed E-state index contributed by atoms with van der Waals surface area (Å²) in [6.07, 6.45) is -0.964. The number of nitrogens with one attached hydrogen (secondary N) is 4. The van der Waals surface area contributed by atoms with Crippen LogP contribution in [0.25, 0.3) is 0 Å². The Hall–Kier alpha value is -4.37. The number of rotatable bonds is 15. The van der Waals surface area contributed by atoms with Crippen LogP contribution in [0.4, 0.5) is 10.5 Å². The van der Waals surface area contributed by atoms with Gasteiger partial charge >= 0.3 is 6.09 Å². The Bertz CT molecular complexity index is 1210. The molecule has 41 heavy (non-hydrogen) atoms. The molecule has 0 aromatic heterocycles. The molecule has 5 N–H and O–H groups in total. The first-order chi connectivity index (χ1) is 19.8. The van der Waals surface area contributed by atoms with Gasteiger partial charge in [-0.15, -0.1) is 0 Å². The summed E-state index contributed by atoms with van der Waals surface area (Å²) in [5, 5.41) is 21.7. The molecule has 9 heteroatoms. The number of alkyl carbamates (subject to hydrolysis) is 1. The molecule has 9 nitrogen and oxygen atoms in total. The van der Waals surface area contributed by atoms with Crippen molar-refractivity contribution in [3.63, 3.8) is 0 Å². The van der Waals surface area contributed by atoms with Crippen LogP contribution in [0.3, 0.4) is 0 Å². The minimum Gasteiger partial charge on any atom is -0.445 e. The lowest BCUT2D eigenvalue weighted by Gasteiger charge is -2.24. The molecule has 218 valence electrons. The number of aliphatic hydroxyl groups is 1. The van der Waals surface area contributed by atoms with Crippen LogP contribution in [0.2, 0.25) is 0 Å². The van der Waals surface area contributed by atoms with Gasteiger partial charge in [-0.3, -0.25) is 9.59 Å². The number of para-hydroxylation sites is 1. The summed E-state index contributed by atoms with van der Waals surface area (Å²) >= 11 is 0. The molecule has 0 radical (unpaired) electrons. The van der Waals surface area contributed by atoms with Gasteiger partial charge in [-0.1, -0.05) is 92.7 Å². The average molecular weight is 561 g/mol. The first kappa shape index (κ1) is 31.2. The number of carbonyl (C=O) groups is 3. The minimum atomic E-state index is -0.920. The van der Waals surface area contributed by atoms with Crippen molar-refractivity contribution in [3.8, 4) is 0 Å². The van der Waals surface area contributed by atoms with Gasteiger partial charge in [0.05, 0.1) is 6.10 Å². The molecule has 0 fully saturated rings. The van der Waals surface area contributed by atoms with Crippen molar-refractivity contribution in [1.29, 1.82) is 0 Å². The molecule has 1 unspecified atom stereocenters. The van der Waals surface area contributed by atoms with E-state index in [-0.39, 0.29) is 32.0 Å². The Kier molecular flexibility index (Phi) is 12.7. The van der Waals surface area contributed by atoms with E-state index in [1.807, 2.05) is 105 Å². The fourth-order valence-corrected chi connectivity index (χ4v) is 4.15. The largest absolute Gasteiger partial charge is 0.445 e. The van der Waals surface area contributed by atoms with Crippen molar-refractivity contribution in [1.82, 2.24) is 16.0 Å². The Balaban J connectivity index is 1.61. The standard InChI is InChI=1S/C32H40N4O5/c1-23(2)18-28(36-32(40)41-22-25-14-8-4-9-15-25)31(39)35-29(19-24-12-6-3-7-13-24)30(38)34-21-27(37)20-33-26-16-10-5-11-17-26/h3-17,23,27-29,33,37H,18-22H2,1-2H3,(H,34,38)(H,35,39)(H,36,40)/t27?,28-,29-/m0/s1. The lowest BCUT2D eigenvalue weighted by Crippen LogP contribution is -2.55. The van der Waals surface area contributed by atoms with E-state index in [4.69, 9.17) is 4.74 Å². The summed E-state index contributed by atoms with van der Waals surface area (Å²) in [6.45, 7) is 4.19. The zero-order valence-electron chi connectivity index (χ0n) is 23.6. The highest BCUT2D eigenvalue weighted by atomic mass is 16.5. The predicted molar refractivity (Wildman–Crippen MR) is 159 cm³/mol. The summed E-state index contributed by atoms with van der Waals surface area (Å²) in [5.74, 6) is -0.831. The monoisotopic (exact) mass is 560 g/mol. The smallest absolute Gasteiger partial charge is 0.408 e. The third kappa shape index (κ3) is 11.7. The lowest BCUT2D eigenvalue weighted by molar-refractivity contribution is -0.130. The SMILES string of the molecule is CC(C)C[C@H](NC(=O)OCc1ccccc1)C(=O)N[C@@H](Cc1ccccc1)C(=O)NCC(O)CNc1ccccc1. The van der Waals surface area contributed by atoms with E-state index in [0.29, 0.717) is 6.42 Å². The zero-order valence-corrected chi connectivity index (χ0v) is 23.6. The third-order valence-corrected chi connectivity index (χ3v) is 6.27. The number of ether oxygens (including phenoxy) is 1. The van der Waals surface area contributed by atoms with E-state index in [9.17, 15) is 19.5 Å². The number of benzene rings is 3. The van der Waals surface area contributed by atoms with Crippen LogP contribution in [-0.2, 0) is 27.4 Å². The molecule has 3 amide bonds. The molecular weight excluding hydrogens is 520 g/mol. The lowest BCUT2D eigenvalue weighted by atomic mass is 10.0. The fourth-order valence-electron chi connectivity index (χ4n) is 4.15. The second-order valence-electron chi connectivity index (χ2n) is 10.3. The molecule has 0 heterocycles. The van der Waals surface area contributed by atoms with E-state index in [1.165, 1.54) is 0 Å². The third-order valence-electron chi connectivity index (χ3n) is 6.27. The topological polar surface area (TPSA) is 129 Å². The summed E-state index contributed by atoms with van der Waals surface area (Å²) in [4.78, 5) is 39.1. The number of carbonyl (C=O) groups excluding carboxylic acids is 3. The van der Waals surface area contributed by atoms with Crippen LogP contribution in [0.1, 0.15) is 31.4 Å². The number of aliphatic hydroxyl groups excluding tert-OH is 1. The molecule has 0 aliphatic carbocycles. The van der Waals surface area contributed by atoms with Crippen LogP contribution >= 0.6 is 0 Å². The molecule has 0 bridgehead atoms. The van der Waals surface area contributed by atoms with Crippen LogP contribution < -0.4 is 21.3 Å². The number of amides is 3. The maximum absolute atomic E-state index is 13.4. The highest BCUT2D eigenvalue weighted by Gasteiger charge is 2.28. The molecule has 3 rings (SSSR count). The van der Waals surface area contributed by atoms with Gasteiger partial charge in [0.25, 0.3) is 0 Å². The highest BCUT2D eigenvalue weighted by molar-refractivity contribution is 5.91. The quantitative estimate of drug-likeness (QED) is 0.193. The van der Waals surface area contributed by atoms with Gasteiger partial charge in [0, 0.05) is 25.2 Å². The van der Waals surface area contributed by atoms with Crippen LogP contribution in [0.5, 0.6) is 0 Å². The fraction of sp³-hybridized carbons (Fsp3) is 0.344. The van der Waals surface area contributed by atoms with Gasteiger partial charge in [0.15, 0.2) is 0 Å². The van der Waals surface area contributed by atoms with Gasteiger partial charge in [-0.2, -0.15) is 0 Å². The molecular formula is C32H40N4O5. The van der Waals surface area contributed by atoms with E-state index < -0.39 is 36.1 Å². The molecule has 0 spiro atoms. The second-order valence-corrected chi connectivity index (χ2v) is 10.3. The van der Waals surface area contributed by atoms with Crippen molar-refractivity contribution in [2.24, 2.45) is 5.92 Å². The molecule has 3 aromatic carbocycles. The van der Waals surface area contributed by atoms with E-state index in [0.717, 1.165) is 16.8 Å². The molecule has 0 aliphatic heterocycles. The van der Waals surface area contributed by atoms with Crippen molar-refractivity contribution in [3.05, 3.63) is 102 Å². The molecule has 0 saturated carbocycles. The Labute approximate surface area is 241 Å². The van der Waals surface area contributed by atoms with Crippen LogP contribution in [0, 0.1) is 5.92 Å². The van der Waals surface area contributed by atoms with Gasteiger partial charge in [-0.25, -0.2) is 4.79 Å². The highest BCUT2D eigenvalue weighted by Crippen LogP contribution is 2.09. The molecule has 0 aliphatic rings. The first-order valence-corrected chi connectivity index (χ1v) is 13.9. The van der Waals surface area contributed by atoms with E-state index in [1.54, 1.807) is 0 Å². The Morgan fingerprint density at radius 1 is 0.732 bits per heavy atom. The summed E-state index contributed by atoms with van der Waals surface area (Å²) in [5.41, 5.74) is 2.54. The minimum absolute atomic E-state index is 0.000683. The van der Waals surface area contributed by atoms with Crippen molar-refractivity contribution >= 4 is 23.6 Å². The van der Waals surface area contributed by atoms with Gasteiger partial charge in [-0.05, 0) is 35.6 Å². The molecule has 3 aromatic rings. The maximum atomic E-state index is 13.4. The van der Waals surface area contributed by atoms with Crippen molar-refractivity contribution < 1.29 is 24.2 Å². The molecule has 3 atom stereocenters. The van der Waals surface area contributed by atoms with Crippen LogP contribution in [-0.4, -0.2) is 54.3 Å². The second kappa shape index (κ2) is 16.7. The van der Waals surface area contributed by atoms with Crippen LogP contribution in [0.15, 0.2) is 91.0 Å². The molecule has 0 saturated heterocycles. The maximum Gasteiger partial charge on any atom is 0.408 e. The summed E-state index contributed by atoms with van der Waals surface area (Å²) in [7, 11) is 0. The first-order valence-electron chi connectivity index (χ1n) is 13.9. The predicted octanol–water partition coefficient (Wildman–Crippen LogP) is 3.64. The van der Waals surface area contributed by atoms with E-state index >= 15 is 0 Å². The van der Waals surface area contributed by atoms with Gasteiger partial charge < -0.3 is 31.1 Å². The number of hydrogen-bond acceptors (Lipinski definition) is 6.